The lowest BCUT2D eigenvalue weighted by atomic mass is 9.97. The molecular formula is C7H14O4. The summed E-state index contributed by atoms with van der Waals surface area (Å²) in [7, 11) is 1.24. The van der Waals surface area contributed by atoms with E-state index >= 15 is 0 Å². The standard InChI is InChI=1S/C7H14O4/c1-7(2,4-8)5-11-6(9)10-3/h8H,4-5H2,1-3H3. The molecule has 0 aliphatic carbocycles. The molecule has 0 aromatic rings. The second-order valence-electron chi connectivity index (χ2n) is 3.07. The minimum Gasteiger partial charge on any atom is -0.438 e. The summed E-state index contributed by atoms with van der Waals surface area (Å²) >= 11 is 0. The molecule has 0 saturated carbocycles. The second-order valence-corrected chi connectivity index (χ2v) is 3.07. The van der Waals surface area contributed by atoms with Crippen molar-refractivity contribution in [3.8, 4) is 0 Å². The maximum absolute atomic E-state index is 10.4. The topological polar surface area (TPSA) is 55.8 Å². The van der Waals surface area contributed by atoms with Gasteiger partial charge in [-0.15, -0.1) is 0 Å². The number of carbonyl (C=O) groups is 1. The lowest BCUT2D eigenvalue weighted by molar-refractivity contribution is 0.0238. The first-order valence-electron chi connectivity index (χ1n) is 3.33. The zero-order chi connectivity index (χ0) is 8.91. The Morgan fingerprint density at radius 3 is 2.45 bits per heavy atom. The zero-order valence-corrected chi connectivity index (χ0v) is 7.09. The number of rotatable bonds is 3. The van der Waals surface area contributed by atoms with E-state index < -0.39 is 11.6 Å². The quantitative estimate of drug-likeness (QED) is 0.623. The minimum atomic E-state index is -0.716. The Balaban J connectivity index is 3.61. The summed E-state index contributed by atoms with van der Waals surface area (Å²) in [6.45, 7) is 3.71. The molecule has 0 amide bonds. The van der Waals surface area contributed by atoms with Gasteiger partial charge in [-0.1, -0.05) is 13.8 Å². The highest BCUT2D eigenvalue weighted by molar-refractivity contribution is 5.59. The van der Waals surface area contributed by atoms with E-state index in [0.29, 0.717) is 0 Å². The van der Waals surface area contributed by atoms with Crippen LogP contribution in [-0.2, 0) is 9.47 Å². The van der Waals surface area contributed by atoms with E-state index in [4.69, 9.17) is 5.11 Å². The number of ether oxygens (including phenoxy) is 2. The fourth-order valence-electron chi connectivity index (χ4n) is 0.359. The van der Waals surface area contributed by atoms with Crippen LogP contribution in [0.25, 0.3) is 0 Å². The number of hydrogen-bond donors (Lipinski definition) is 1. The number of aliphatic hydroxyl groups is 1. The van der Waals surface area contributed by atoms with E-state index in [-0.39, 0.29) is 13.2 Å². The number of carbonyl (C=O) groups excluding carboxylic acids is 1. The Kier molecular flexibility index (Phi) is 3.89. The Morgan fingerprint density at radius 2 is 2.09 bits per heavy atom. The van der Waals surface area contributed by atoms with Gasteiger partial charge in [0.1, 0.15) is 6.61 Å². The average Bonchev–Trinajstić information content (AvgIpc) is 2.00. The summed E-state index contributed by atoms with van der Waals surface area (Å²) in [4.78, 5) is 10.4. The van der Waals surface area contributed by atoms with Gasteiger partial charge in [-0.25, -0.2) is 4.79 Å². The lowest BCUT2D eigenvalue weighted by Gasteiger charge is -2.19. The summed E-state index contributed by atoms with van der Waals surface area (Å²) in [6.07, 6.45) is -0.716. The van der Waals surface area contributed by atoms with E-state index in [9.17, 15) is 4.79 Å². The van der Waals surface area contributed by atoms with Gasteiger partial charge < -0.3 is 14.6 Å². The molecule has 4 heteroatoms. The van der Waals surface area contributed by atoms with Crippen molar-refractivity contribution in [1.29, 1.82) is 0 Å². The fraction of sp³-hybridized carbons (Fsp3) is 0.857. The largest absolute Gasteiger partial charge is 0.507 e. The highest BCUT2D eigenvalue weighted by Gasteiger charge is 2.18. The number of hydrogen-bond acceptors (Lipinski definition) is 4. The predicted octanol–water partition coefficient (Wildman–Crippen LogP) is 0.788. The third-order valence-corrected chi connectivity index (χ3v) is 1.18. The highest BCUT2D eigenvalue weighted by Crippen LogP contribution is 2.13. The van der Waals surface area contributed by atoms with Crippen molar-refractivity contribution >= 4 is 6.16 Å². The summed E-state index contributed by atoms with van der Waals surface area (Å²) < 4.78 is 8.87. The minimum absolute atomic E-state index is 0.0238. The van der Waals surface area contributed by atoms with Gasteiger partial charge in [0.25, 0.3) is 0 Å². The van der Waals surface area contributed by atoms with E-state index in [1.807, 2.05) is 0 Å². The molecule has 1 N–H and O–H groups in total. The van der Waals surface area contributed by atoms with Crippen molar-refractivity contribution < 1.29 is 19.4 Å². The van der Waals surface area contributed by atoms with E-state index in [0.717, 1.165) is 0 Å². The monoisotopic (exact) mass is 162 g/mol. The van der Waals surface area contributed by atoms with Gasteiger partial charge in [0.15, 0.2) is 0 Å². The van der Waals surface area contributed by atoms with Gasteiger partial charge >= 0.3 is 6.16 Å². The van der Waals surface area contributed by atoms with Crippen LogP contribution in [0.15, 0.2) is 0 Å². The molecule has 11 heavy (non-hydrogen) atoms. The summed E-state index contributed by atoms with van der Waals surface area (Å²) in [5, 5.41) is 8.75. The SMILES string of the molecule is COC(=O)OCC(C)(C)CO. The van der Waals surface area contributed by atoms with Crippen LogP contribution < -0.4 is 0 Å². The van der Waals surface area contributed by atoms with E-state index in [1.54, 1.807) is 13.8 Å². The maximum Gasteiger partial charge on any atom is 0.507 e. The highest BCUT2D eigenvalue weighted by atomic mass is 16.7. The molecule has 0 aromatic carbocycles. The molecule has 0 fully saturated rings. The Bertz CT molecular complexity index is 130. The lowest BCUT2D eigenvalue weighted by Crippen LogP contribution is -2.25. The van der Waals surface area contributed by atoms with Crippen molar-refractivity contribution in [2.24, 2.45) is 5.41 Å². The third-order valence-electron chi connectivity index (χ3n) is 1.18. The molecule has 0 atom stereocenters. The molecular weight excluding hydrogens is 148 g/mol. The van der Waals surface area contributed by atoms with Crippen molar-refractivity contribution in [2.45, 2.75) is 13.8 Å². The molecule has 0 saturated heterocycles. The molecule has 0 heterocycles. The molecule has 0 aliphatic rings. The summed E-state index contributed by atoms with van der Waals surface area (Å²) in [5.74, 6) is 0. The molecule has 0 bridgehead atoms. The molecule has 0 rings (SSSR count). The van der Waals surface area contributed by atoms with Gasteiger partial charge in [-0.3, -0.25) is 0 Å². The molecule has 0 unspecified atom stereocenters. The number of methoxy groups -OCH3 is 1. The van der Waals surface area contributed by atoms with Crippen molar-refractivity contribution in [1.82, 2.24) is 0 Å². The van der Waals surface area contributed by atoms with Crippen LogP contribution >= 0.6 is 0 Å². The maximum atomic E-state index is 10.4. The Labute approximate surface area is 66.1 Å². The first-order chi connectivity index (χ1) is 5.02. The Morgan fingerprint density at radius 1 is 1.55 bits per heavy atom. The molecule has 0 aromatic heterocycles. The third kappa shape index (κ3) is 4.61. The first kappa shape index (κ1) is 10.2. The van der Waals surface area contributed by atoms with Crippen molar-refractivity contribution in [2.75, 3.05) is 20.3 Å². The van der Waals surface area contributed by atoms with E-state index in [2.05, 4.69) is 9.47 Å². The van der Waals surface area contributed by atoms with Crippen molar-refractivity contribution in [3.05, 3.63) is 0 Å². The average molecular weight is 162 g/mol. The molecule has 66 valence electrons. The van der Waals surface area contributed by atoms with Gasteiger partial charge in [0.05, 0.1) is 13.7 Å². The smallest absolute Gasteiger partial charge is 0.438 e. The van der Waals surface area contributed by atoms with Crippen LogP contribution in [0, 0.1) is 5.41 Å². The summed E-state index contributed by atoms with van der Waals surface area (Å²) in [6, 6.07) is 0. The molecule has 4 nitrogen and oxygen atoms in total. The van der Waals surface area contributed by atoms with Gasteiger partial charge in [0, 0.05) is 5.41 Å². The van der Waals surface area contributed by atoms with Gasteiger partial charge in [-0.05, 0) is 0 Å². The van der Waals surface area contributed by atoms with Crippen LogP contribution in [0.2, 0.25) is 0 Å². The van der Waals surface area contributed by atoms with Gasteiger partial charge in [-0.2, -0.15) is 0 Å². The first-order valence-corrected chi connectivity index (χ1v) is 3.33. The Hall–Kier alpha value is -0.770. The van der Waals surface area contributed by atoms with Crippen LogP contribution in [-0.4, -0.2) is 31.6 Å². The summed E-state index contributed by atoms with van der Waals surface area (Å²) in [5.41, 5.74) is -0.395. The van der Waals surface area contributed by atoms with Crippen LogP contribution in [0.1, 0.15) is 13.8 Å². The normalized spacial score (nSPS) is 10.9. The fourth-order valence-corrected chi connectivity index (χ4v) is 0.359. The van der Waals surface area contributed by atoms with E-state index in [1.165, 1.54) is 7.11 Å². The van der Waals surface area contributed by atoms with Crippen LogP contribution in [0.4, 0.5) is 4.79 Å². The zero-order valence-electron chi connectivity index (χ0n) is 7.09. The van der Waals surface area contributed by atoms with Gasteiger partial charge in [0.2, 0.25) is 0 Å². The number of aliphatic hydroxyl groups excluding tert-OH is 1. The van der Waals surface area contributed by atoms with Crippen molar-refractivity contribution in [3.63, 3.8) is 0 Å². The molecule has 0 aliphatic heterocycles. The molecule has 0 spiro atoms. The molecule has 0 radical (unpaired) electrons. The van der Waals surface area contributed by atoms with Crippen LogP contribution in [0.3, 0.4) is 0 Å². The van der Waals surface area contributed by atoms with Crippen LogP contribution in [0.5, 0.6) is 0 Å². The second kappa shape index (κ2) is 4.18. The predicted molar refractivity (Wildman–Crippen MR) is 39.2 cm³/mol.